The second-order valence-electron chi connectivity index (χ2n) is 2.91. The fourth-order valence-electron chi connectivity index (χ4n) is 1.39. The summed E-state index contributed by atoms with van der Waals surface area (Å²) in [7, 11) is -0.639. The molecule has 0 aromatic heterocycles. The Morgan fingerprint density at radius 1 is 1.67 bits per heavy atom. The lowest BCUT2D eigenvalue weighted by atomic mass is 10.6. The van der Waals surface area contributed by atoms with Gasteiger partial charge in [-0.2, -0.15) is 11.1 Å². The molecule has 0 saturated carbocycles. The van der Waals surface area contributed by atoms with Crippen molar-refractivity contribution >= 4 is 41.2 Å². The van der Waals surface area contributed by atoms with E-state index in [9.17, 15) is 0 Å². The quantitative estimate of drug-likeness (QED) is 0.517. The SMILES string of the molecule is CCC[Si]1(Br)C[SiH](Cl)C1. The number of halogens is 2. The van der Waals surface area contributed by atoms with Crippen LogP contribution in [0.25, 0.3) is 0 Å². The van der Waals surface area contributed by atoms with Crippen LogP contribution < -0.4 is 0 Å². The zero-order chi connectivity index (χ0) is 6.91. The topological polar surface area (TPSA) is 0 Å². The standard InChI is InChI=1S/C5H12BrClSi2/c1-2-3-9(6)4-8(7)5-9/h8H,2-5H2,1H3. The maximum atomic E-state index is 6.01. The first kappa shape index (κ1) is 8.30. The summed E-state index contributed by atoms with van der Waals surface area (Å²) in [6.07, 6.45) is 1.34. The molecule has 0 atom stereocenters. The van der Waals surface area contributed by atoms with E-state index in [0.717, 1.165) is 0 Å². The molecule has 0 spiro atoms. The predicted octanol–water partition coefficient (Wildman–Crippen LogP) is 2.79. The smallest absolute Gasteiger partial charge is 0.137 e. The average molecular weight is 244 g/mol. The van der Waals surface area contributed by atoms with Gasteiger partial charge in [-0.05, 0) is 17.4 Å². The van der Waals surface area contributed by atoms with Crippen LogP contribution in [-0.2, 0) is 0 Å². The monoisotopic (exact) mass is 242 g/mol. The molecule has 1 heterocycles. The third-order valence-electron chi connectivity index (χ3n) is 1.87. The van der Waals surface area contributed by atoms with Crippen LogP contribution in [0, 0.1) is 0 Å². The summed E-state index contributed by atoms with van der Waals surface area (Å²) >= 11 is 9.87. The van der Waals surface area contributed by atoms with E-state index in [4.69, 9.17) is 11.1 Å². The van der Waals surface area contributed by atoms with Gasteiger partial charge in [0.1, 0.15) is 14.8 Å². The molecule has 0 bridgehead atoms. The molecule has 0 amide bonds. The number of hydrogen-bond acceptors (Lipinski definition) is 0. The third kappa shape index (κ3) is 2.07. The van der Waals surface area contributed by atoms with Crippen LogP contribution in [0.1, 0.15) is 13.3 Å². The van der Waals surface area contributed by atoms with Crippen molar-refractivity contribution in [2.75, 3.05) is 0 Å². The molecule has 0 radical (unpaired) electrons. The molecule has 0 nitrogen and oxygen atoms in total. The maximum Gasteiger partial charge on any atom is 0.137 e. The highest BCUT2D eigenvalue weighted by Gasteiger charge is 2.43. The van der Waals surface area contributed by atoms with Gasteiger partial charge in [0.25, 0.3) is 0 Å². The molecule has 0 aromatic rings. The van der Waals surface area contributed by atoms with E-state index in [0.29, 0.717) is 0 Å². The lowest BCUT2D eigenvalue weighted by molar-refractivity contribution is 1.05. The molecule has 9 heavy (non-hydrogen) atoms. The van der Waals surface area contributed by atoms with Crippen molar-refractivity contribution in [1.82, 2.24) is 0 Å². The van der Waals surface area contributed by atoms with E-state index in [1.165, 1.54) is 23.8 Å². The van der Waals surface area contributed by atoms with E-state index in [2.05, 4.69) is 22.2 Å². The molecule has 4 heteroatoms. The molecule has 54 valence electrons. The van der Waals surface area contributed by atoms with Crippen LogP contribution in [0.2, 0.25) is 17.4 Å². The molecule has 0 aliphatic carbocycles. The van der Waals surface area contributed by atoms with Gasteiger partial charge in [-0.1, -0.05) is 13.3 Å². The molecule has 1 saturated heterocycles. The predicted molar refractivity (Wildman–Crippen MR) is 52.4 cm³/mol. The first-order chi connectivity index (χ1) is 4.16. The summed E-state index contributed by atoms with van der Waals surface area (Å²) < 4.78 is 0. The van der Waals surface area contributed by atoms with Crippen molar-refractivity contribution in [3.05, 3.63) is 0 Å². The van der Waals surface area contributed by atoms with Crippen LogP contribution in [0.5, 0.6) is 0 Å². The summed E-state index contributed by atoms with van der Waals surface area (Å²) in [6.45, 7) is 1.45. The fraction of sp³-hybridized carbons (Fsp3) is 1.00. The Labute approximate surface area is 71.9 Å². The lowest BCUT2D eigenvalue weighted by Crippen LogP contribution is -2.45. The molecular formula is C5H12BrClSi2. The van der Waals surface area contributed by atoms with Crippen LogP contribution in [0.15, 0.2) is 0 Å². The summed E-state index contributed by atoms with van der Waals surface area (Å²) in [5.74, 6) is 0. The third-order valence-corrected chi connectivity index (χ3v) is 22.5. The second-order valence-corrected chi connectivity index (χ2v) is 17.1. The van der Waals surface area contributed by atoms with E-state index >= 15 is 0 Å². The summed E-state index contributed by atoms with van der Waals surface area (Å²) in [5.41, 5.74) is 2.87. The second kappa shape index (κ2) is 3.07. The van der Waals surface area contributed by atoms with Gasteiger partial charge in [-0.15, -0.1) is 15.3 Å². The van der Waals surface area contributed by atoms with Gasteiger partial charge in [0.05, 0.1) is 0 Å². The molecule has 1 rings (SSSR count). The first-order valence-electron chi connectivity index (χ1n) is 3.49. The zero-order valence-corrected chi connectivity index (χ0v) is 10.2. The highest BCUT2D eigenvalue weighted by atomic mass is 79.9. The fourth-order valence-corrected chi connectivity index (χ4v) is 26.7. The van der Waals surface area contributed by atoms with Gasteiger partial charge in [-0.3, -0.25) is 0 Å². The molecule has 1 aliphatic rings. The van der Waals surface area contributed by atoms with Gasteiger partial charge < -0.3 is 0 Å². The molecule has 0 N–H and O–H groups in total. The molecule has 0 unspecified atom stereocenters. The van der Waals surface area contributed by atoms with Crippen molar-refractivity contribution in [3.63, 3.8) is 0 Å². The minimum Gasteiger partial charge on any atom is -0.172 e. The van der Waals surface area contributed by atoms with Gasteiger partial charge in [-0.25, -0.2) is 0 Å². The molecular weight excluding hydrogens is 232 g/mol. The lowest BCUT2D eigenvalue weighted by Gasteiger charge is -2.36. The normalized spacial score (nSPS) is 42.3. The van der Waals surface area contributed by atoms with Gasteiger partial charge in [0.2, 0.25) is 0 Å². The average Bonchev–Trinajstić information content (AvgIpc) is 1.62. The van der Waals surface area contributed by atoms with Crippen LogP contribution in [-0.4, -0.2) is 14.8 Å². The van der Waals surface area contributed by atoms with Gasteiger partial charge in [0.15, 0.2) is 0 Å². The Kier molecular flexibility index (Phi) is 2.83. The largest absolute Gasteiger partial charge is 0.172 e. The van der Waals surface area contributed by atoms with Crippen molar-refractivity contribution in [2.45, 2.75) is 30.7 Å². The minimum atomic E-state index is -0.818. The Hall–Kier alpha value is 1.20. The zero-order valence-electron chi connectivity index (χ0n) is 5.66. The highest BCUT2D eigenvalue weighted by Crippen LogP contribution is 2.42. The Balaban J connectivity index is 2.23. The van der Waals surface area contributed by atoms with E-state index in [1.54, 1.807) is 0 Å². The van der Waals surface area contributed by atoms with Crippen LogP contribution >= 0.6 is 26.4 Å². The van der Waals surface area contributed by atoms with Crippen molar-refractivity contribution in [1.29, 1.82) is 0 Å². The molecule has 1 fully saturated rings. The van der Waals surface area contributed by atoms with Gasteiger partial charge >= 0.3 is 0 Å². The Morgan fingerprint density at radius 3 is 2.56 bits per heavy atom. The summed E-state index contributed by atoms with van der Waals surface area (Å²) in [4.78, 5) is 0. The molecule has 1 aliphatic heterocycles. The molecule has 0 aromatic carbocycles. The Bertz CT molecular complexity index is 97.6. The van der Waals surface area contributed by atoms with Crippen molar-refractivity contribution in [2.24, 2.45) is 0 Å². The number of rotatable bonds is 2. The van der Waals surface area contributed by atoms with Gasteiger partial charge in [0, 0.05) is 0 Å². The van der Waals surface area contributed by atoms with Crippen LogP contribution in [0.4, 0.5) is 0 Å². The summed E-state index contributed by atoms with van der Waals surface area (Å²) in [6, 6.07) is 1.45. The van der Waals surface area contributed by atoms with E-state index in [1.807, 2.05) is 0 Å². The van der Waals surface area contributed by atoms with Crippen molar-refractivity contribution < 1.29 is 0 Å². The Morgan fingerprint density at radius 2 is 2.22 bits per heavy atom. The van der Waals surface area contributed by atoms with Crippen molar-refractivity contribution in [3.8, 4) is 0 Å². The summed E-state index contributed by atoms with van der Waals surface area (Å²) in [5, 5.41) is 0. The first-order valence-corrected chi connectivity index (χ1v) is 11.7. The van der Waals surface area contributed by atoms with E-state index in [-0.39, 0.29) is 0 Å². The highest BCUT2D eigenvalue weighted by molar-refractivity contribution is 9.26. The van der Waals surface area contributed by atoms with E-state index < -0.39 is 14.8 Å². The van der Waals surface area contributed by atoms with Crippen LogP contribution in [0.3, 0.4) is 0 Å². The maximum absolute atomic E-state index is 6.01. The number of hydrogen-bond donors (Lipinski definition) is 0. The minimum absolute atomic E-state index is 0.639.